The SMILES string of the molecule is COCCSC(C)C(=O)c1cc(C)ccc1C. The van der Waals surface area contributed by atoms with Crippen molar-refractivity contribution < 1.29 is 9.53 Å². The second-order valence-electron chi connectivity index (χ2n) is 4.19. The van der Waals surface area contributed by atoms with E-state index in [2.05, 4.69) is 0 Å². The Bertz CT molecular complexity index is 388. The van der Waals surface area contributed by atoms with E-state index in [4.69, 9.17) is 4.74 Å². The van der Waals surface area contributed by atoms with Crippen LogP contribution in [0.4, 0.5) is 0 Å². The molecule has 0 saturated heterocycles. The molecule has 1 unspecified atom stereocenters. The standard InChI is InChI=1S/C14H20O2S/c1-10-5-6-11(2)13(9-10)14(15)12(3)17-8-7-16-4/h5-6,9,12H,7-8H2,1-4H3. The number of carbonyl (C=O) groups is 1. The van der Waals surface area contributed by atoms with E-state index in [0.29, 0.717) is 6.61 Å². The summed E-state index contributed by atoms with van der Waals surface area (Å²) in [6.45, 7) is 6.65. The average Bonchev–Trinajstić information content (AvgIpc) is 2.31. The van der Waals surface area contributed by atoms with Gasteiger partial charge in [-0.2, -0.15) is 0 Å². The van der Waals surface area contributed by atoms with Crippen molar-refractivity contribution in [2.24, 2.45) is 0 Å². The molecule has 0 radical (unpaired) electrons. The van der Waals surface area contributed by atoms with Gasteiger partial charge in [-0.25, -0.2) is 0 Å². The highest BCUT2D eigenvalue weighted by Gasteiger charge is 2.17. The molecule has 0 fully saturated rings. The number of ketones is 1. The van der Waals surface area contributed by atoms with E-state index in [1.54, 1.807) is 18.9 Å². The Kier molecular flexibility index (Phi) is 5.72. The zero-order valence-corrected chi connectivity index (χ0v) is 11.8. The van der Waals surface area contributed by atoms with Crippen LogP contribution in [0.2, 0.25) is 0 Å². The fourth-order valence-electron chi connectivity index (χ4n) is 1.60. The minimum Gasteiger partial charge on any atom is -0.384 e. The number of ether oxygens (including phenoxy) is 1. The van der Waals surface area contributed by atoms with Crippen molar-refractivity contribution in [3.63, 3.8) is 0 Å². The van der Waals surface area contributed by atoms with Gasteiger partial charge in [0, 0.05) is 18.4 Å². The first kappa shape index (κ1) is 14.3. The van der Waals surface area contributed by atoms with E-state index in [1.807, 2.05) is 39.0 Å². The smallest absolute Gasteiger partial charge is 0.175 e. The molecule has 0 amide bonds. The summed E-state index contributed by atoms with van der Waals surface area (Å²) in [4.78, 5) is 12.3. The lowest BCUT2D eigenvalue weighted by Gasteiger charge is -2.12. The zero-order valence-electron chi connectivity index (χ0n) is 10.9. The molecule has 1 atom stereocenters. The van der Waals surface area contributed by atoms with Crippen LogP contribution in [0.5, 0.6) is 0 Å². The van der Waals surface area contributed by atoms with Crippen molar-refractivity contribution >= 4 is 17.5 Å². The highest BCUT2D eigenvalue weighted by atomic mass is 32.2. The Morgan fingerprint density at radius 3 is 2.76 bits per heavy atom. The van der Waals surface area contributed by atoms with Gasteiger partial charge in [0.05, 0.1) is 11.9 Å². The van der Waals surface area contributed by atoms with E-state index in [9.17, 15) is 4.79 Å². The largest absolute Gasteiger partial charge is 0.384 e. The van der Waals surface area contributed by atoms with E-state index in [-0.39, 0.29) is 11.0 Å². The Hall–Kier alpha value is -0.800. The molecule has 0 spiro atoms. The van der Waals surface area contributed by atoms with E-state index in [0.717, 1.165) is 22.4 Å². The predicted octanol–water partition coefficient (Wildman–Crippen LogP) is 3.25. The van der Waals surface area contributed by atoms with Gasteiger partial charge in [-0.05, 0) is 32.4 Å². The van der Waals surface area contributed by atoms with Crippen LogP contribution < -0.4 is 0 Å². The van der Waals surface area contributed by atoms with Gasteiger partial charge in [-0.1, -0.05) is 17.7 Å². The quantitative estimate of drug-likeness (QED) is 0.574. The van der Waals surface area contributed by atoms with Gasteiger partial charge in [0.2, 0.25) is 0 Å². The van der Waals surface area contributed by atoms with Gasteiger partial charge >= 0.3 is 0 Å². The van der Waals surface area contributed by atoms with Crippen molar-refractivity contribution in [2.45, 2.75) is 26.0 Å². The lowest BCUT2D eigenvalue weighted by Crippen LogP contribution is -2.16. The van der Waals surface area contributed by atoms with Crippen molar-refractivity contribution in [2.75, 3.05) is 19.5 Å². The van der Waals surface area contributed by atoms with Gasteiger partial charge in [0.25, 0.3) is 0 Å². The third-order valence-corrected chi connectivity index (χ3v) is 3.80. The zero-order chi connectivity index (χ0) is 12.8. The van der Waals surface area contributed by atoms with E-state index < -0.39 is 0 Å². The highest BCUT2D eigenvalue weighted by molar-refractivity contribution is 8.00. The van der Waals surface area contributed by atoms with Crippen molar-refractivity contribution in [1.82, 2.24) is 0 Å². The first-order valence-corrected chi connectivity index (χ1v) is 6.83. The topological polar surface area (TPSA) is 26.3 Å². The first-order valence-electron chi connectivity index (χ1n) is 5.78. The van der Waals surface area contributed by atoms with Crippen LogP contribution in [0.25, 0.3) is 0 Å². The van der Waals surface area contributed by atoms with Crippen molar-refractivity contribution in [3.05, 3.63) is 34.9 Å². The Morgan fingerprint density at radius 2 is 2.12 bits per heavy atom. The number of rotatable bonds is 6. The molecule has 1 aromatic carbocycles. The summed E-state index contributed by atoms with van der Waals surface area (Å²) < 4.78 is 4.99. The van der Waals surface area contributed by atoms with E-state index in [1.165, 1.54) is 0 Å². The monoisotopic (exact) mass is 252 g/mol. The summed E-state index contributed by atoms with van der Waals surface area (Å²) in [5.74, 6) is 1.07. The number of hydrogen-bond acceptors (Lipinski definition) is 3. The minimum atomic E-state index is -0.00866. The van der Waals surface area contributed by atoms with Gasteiger partial charge < -0.3 is 4.74 Å². The first-order chi connectivity index (χ1) is 8.06. The second-order valence-corrected chi connectivity index (χ2v) is 5.64. The molecular formula is C14H20O2S. The molecular weight excluding hydrogens is 232 g/mol. The minimum absolute atomic E-state index is 0.00866. The van der Waals surface area contributed by atoms with Crippen LogP contribution in [0, 0.1) is 13.8 Å². The number of thioether (sulfide) groups is 1. The summed E-state index contributed by atoms with van der Waals surface area (Å²) >= 11 is 1.64. The summed E-state index contributed by atoms with van der Waals surface area (Å²) in [6.07, 6.45) is 0. The molecule has 1 rings (SSSR count). The summed E-state index contributed by atoms with van der Waals surface area (Å²) in [6, 6.07) is 6.02. The summed E-state index contributed by atoms with van der Waals surface area (Å²) in [5.41, 5.74) is 3.04. The molecule has 1 aromatic rings. The lowest BCUT2D eigenvalue weighted by molar-refractivity contribution is 0.0993. The molecule has 94 valence electrons. The van der Waals surface area contributed by atoms with Crippen LogP contribution in [-0.4, -0.2) is 30.5 Å². The van der Waals surface area contributed by atoms with Crippen LogP contribution in [0.15, 0.2) is 18.2 Å². The molecule has 0 aliphatic rings. The summed E-state index contributed by atoms with van der Waals surface area (Å²) in [5, 5.41) is -0.00866. The Labute approximate surface area is 108 Å². The Morgan fingerprint density at radius 1 is 1.41 bits per heavy atom. The fourth-order valence-corrected chi connectivity index (χ4v) is 2.50. The molecule has 17 heavy (non-hydrogen) atoms. The fraction of sp³-hybridized carbons (Fsp3) is 0.500. The maximum absolute atomic E-state index is 12.3. The van der Waals surface area contributed by atoms with Crippen LogP contribution in [-0.2, 0) is 4.74 Å². The molecule has 3 heteroatoms. The average molecular weight is 252 g/mol. The number of methoxy groups -OCH3 is 1. The maximum atomic E-state index is 12.3. The summed E-state index contributed by atoms with van der Waals surface area (Å²) in [7, 11) is 1.68. The molecule has 0 aromatic heterocycles. The predicted molar refractivity (Wildman–Crippen MR) is 74.0 cm³/mol. The molecule has 2 nitrogen and oxygen atoms in total. The van der Waals surface area contributed by atoms with Crippen LogP contribution in [0.1, 0.15) is 28.4 Å². The third-order valence-electron chi connectivity index (χ3n) is 2.68. The number of carbonyl (C=O) groups excluding carboxylic acids is 1. The van der Waals surface area contributed by atoms with Gasteiger partial charge in [0.15, 0.2) is 5.78 Å². The van der Waals surface area contributed by atoms with Crippen LogP contribution in [0.3, 0.4) is 0 Å². The highest BCUT2D eigenvalue weighted by Crippen LogP contribution is 2.19. The number of aryl methyl sites for hydroxylation is 2. The van der Waals surface area contributed by atoms with Gasteiger partial charge in [-0.3, -0.25) is 4.79 Å². The maximum Gasteiger partial charge on any atom is 0.175 e. The normalized spacial score (nSPS) is 12.5. The van der Waals surface area contributed by atoms with Crippen LogP contribution >= 0.6 is 11.8 Å². The second kappa shape index (κ2) is 6.82. The van der Waals surface area contributed by atoms with Crippen molar-refractivity contribution in [1.29, 1.82) is 0 Å². The molecule has 0 bridgehead atoms. The Balaban J connectivity index is 2.71. The molecule has 0 aliphatic carbocycles. The molecule has 0 N–H and O–H groups in total. The third kappa shape index (κ3) is 4.17. The lowest BCUT2D eigenvalue weighted by atomic mass is 10.0. The van der Waals surface area contributed by atoms with Crippen molar-refractivity contribution in [3.8, 4) is 0 Å². The molecule has 0 heterocycles. The number of hydrogen-bond donors (Lipinski definition) is 0. The van der Waals surface area contributed by atoms with E-state index >= 15 is 0 Å². The number of Topliss-reactive ketones (excluding diaryl/α,β-unsaturated/α-hetero) is 1. The molecule has 0 aliphatic heterocycles. The van der Waals surface area contributed by atoms with Gasteiger partial charge in [-0.15, -0.1) is 11.8 Å². The van der Waals surface area contributed by atoms with Gasteiger partial charge in [0.1, 0.15) is 0 Å². The number of benzene rings is 1. The molecule has 0 saturated carbocycles.